The summed E-state index contributed by atoms with van der Waals surface area (Å²) >= 11 is 0. The average Bonchev–Trinajstić information content (AvgIpc) is 3.33. The fourth-order valence-electron chi connectivity index (χ4n) is 3.42. The maximum absolute atomic E-state index is 11.1. The molecule has 14 nitrogen and oxygen atoms in total. The first-order valence-corrected chi connectivity index (χ1v) is 10.5. The highest BCUT2D eigenvalue weighted by atomic mass is 16.4. The summed E-state index contributed by atoms with van der Waals surface area (Å²) < 4.78 is 0. The van der Waals surface area contributed by atoms with Gasteiger partial charge in [-0.2, -0.15) is 0 Å². The zero-order valence-electron chi connectivity index (χ0n) is 19.0. The van der Waals surface area contributed by atoms with Gasteiger partial charge >= 0.3 is 11.9 Å². The van der Waals surface area contributed by atoms with Crippen LogP contribution in [0.15, 0.2) is 60.9 Å². The van der Waals surface area contributed by atoms with Gasteiger partial charge in [-0.3, -0.25) is 15.4 Å². The van der Waals surface area contributed by atoms with Crippen molar-refractivity contribution in [2.75, 3.05) is 15.8 Å². The fraction of sp³-hybridized carbons (Fsp3) is 0. The number of hydrazine groups is 3. The van der Waals surface area contributed by atoms with Gasteiger partial charge in [0.1, 0.15) is 22.6 Å². The number of hydrogen-bond donors (Lipinski definition) is 9. The number of nitrogens with two attached hydrogens (primary N) is 3. The van der Waals surface area contributed by atoms with E-state index in [0.29, 0.717) is 22.8 Å². The molecule has 0 saturated carbocycles. The standard InChI is InChI=1S/C23H22N8O6/c24-11-5-17(16(25)9-30(26)12-1-3-14(22(34)35)20(32)7-12)27-18(6-11)19-10-31(29-28-19)13-2-4-15(23(36)37)21(33)8-13/h1-10,28-29,32-33H,25-26H2,(H2,24,27)(H,34,35)(H,36,37)/b16-9-. The first-order valence-electron chi connectivity index (χ1n) is 10.5. The Bertz CT molecular complexity index is 1470. The number of aromatic hydroxyl groups is 2. The normalized spacial score (nSPS) is 13.2. The topological polar surface area (TPSA) is 237 Å². The molecule has 1 aromatic heterocycles. The van der Waals surface area contributed by atoms with E-state index in [9.17, 15) is 19.8 Å². The van der Waals surface area contributed by atoms with Crippen LogP contribution in [0.2, 0.25) is 0 Å². The molecule has 0 aliphatic carbocycles. The van der Waals surface area contributed by atoms with Crippen LogP contribution >= 0.6 is 0 Å². The van der Waals surface area contributed by atoms with Gasteiger partial charge in [0.25, 0.3) is 0 Å². The van der Waals surface area contributed by atoms with Gasteiger partial charge in [-0.25, -0.2) is 20.4 Å². The molecule has 0 spiro atoms. The number of anilines is 3. The van der Waals surface area contributed by atoms with E-state index in [0.717, 1.165) is 5.01 Å². The van der Waals surface area contributed by atoms with E-state index in [-0.39, 0.29) is 28.2 Å². The second kappa shape index (κ2) is 9.65. The lowest BCUT2D eigenvalue weighted by Gasteiger charge is -2.16. The van der Waals surface area contributed by atoms with Crippen LogP contribution in [-0.2, 0) is 0 Å². The maximum Gasteiger partial charge on any atom is 0.339 e. The molecule has 0 unspecified atom stereocenters. The number of carbonyl (C=O) groups is 2. The Hall–Kier alpha value is -5.47. The SMILES string of the molecule is N/C(=C\N(N)c1ccc(C(=O)O)c(O)c1)c1cc(N)cc(C2=CN(c3ccc(C(=O)O)c(O)c3)NN2)n1. The smallest absolute Gasteiger partial charge is 0.339 e. The molecule has 0 fully saturated rings. The number of aromatic nitrogens is 1. The van der Waals surface area contributed by atoms with Crippen molar-refractivity contribution in [3.8, 4) is 11.5 Å². The van der Waals surface area contributed by atoms with Crippen LogP contribution in [0.25, 0.3) is 11.4 Å². The largest absolute Gasteiger partial charge is 0.507 e. The number of rotatable bonds is 7. The third-order valence-corrected chi connectivity index (χ3v) is 5.27. The summed E-state index contributed by atoms with van der Waals surface area (Å²) in [7, 11) is 0. The van der Waals surface area contributed by atoms with Crippen LogP contribution in [0.1, 0.15) is 32.1 Å². The second-order valence-electron chi connectivity index (χ2n) is 7.83. The Morgan fingerprint density at radius 1 is 0.973 bits per heavy atom. The number of phenols is 2. The molecule has 0 atom stereocenters. The Morgan fingerprint density at radius 3 is 2.24 bits per heavy atom. The van der Waals surface area contributed by atoms with Crippen LogP contribution in [0.3, 0.4) is 0 Å². The molecule has 1 aliphatic rings. The van der Waals surface area contributed by atoms with Crippen molar-refractivity contribution in [1.29, 1.82) is 0 Å². The monoisotopic (exact) mass is 506 g/mol. The summed E-state index contributed by atoms with van der Waals surface area (Å²) in [6, 6.07) is 11.0. The van der Waals surface area contributed by atoms with Gasteiger partial charge in [-0.1, -0.05) is 0 Å². The zero-order valence-corrected chi connectivity index (χ0v) is 19.0. The highest BCUT2D eigenvalue weighted by Crippen LogP contribution is 2.28. The molecule has 1 aliphatic heterocycles. The predicted molar refractivity (Wildman–Crippen MR) is 134 cm³/mol. The summed E-state index contributed by atoms with van der Waals surface area (Å²) in [6.45, 7) is 0. The Balaban J connectivity index is 1.58. The lowest BCUT2D eigenvalue weighted by molar-refractivity contribution is 0.0682. The van der Waals surface area contributed by atoms with E-state index in [4.69, 9.17) is 27.5 Å². The third-order valence-electron chi connectivity index (χ3n) is 5.27. The molecule has 12 N–H and O–H groups in total. The minimum absolute atomic E-state index is 0.121. The van der Waals surface area contributed by atoms with Crippen molar-refractivity contribution in [2.24, 2.45) is 11.6 Å². The van der Waals surface area contributed by atoms with Crippen LogP contribution in [0, 0.1) is 0 Å². The van der Waals surface area contributed by atoms with Crippen molar-refractivity contribution in [1.82, 2.24) is 15.9 Å². The van der Waals surface area contributed by atoms with E-state index >= 15 is 0 Å². The highest BCUT2D eigenvalue weighted by molar-refractivity contribution is 5.92. The molecule has 0 saturated heterocycles. The summed E-state index contributed by atoms with van der Waals surface area (Å²) in [4.78, 5) is 26.7. The minimum Gasteiger partial charge on any atom is -0.507 e. The predicted octanol–water partition coefficient (Wildman–Crippen LogP) is 0.937. The Labute approximate surface area is 209 Å². The average molecular weight is 506 g/mol. The number of nitrogen functional groups attached to an aromatic ring is 1. The summed E-state index contributed by atoms with van der Waals surface area (Å²) in [6.07, 6.45) is 2.94. The quantitative estimate of drug-likeness (QED) is 0.160. The molecule has 2 aromatic carbocycles. The number of nitrogens with zero attached hydrogens (tertiary/aromatic N) is 3. The van der Waals surface area contributed by atoms with Gasteiger partial charge < -0.3 is 31.9 Å². The van der Waals surface area contributed by atoms with Crippen molar-refractivity contribution in [2.45, 2.75) is 0 Å². The number of benzene rings is 2. The number of hydrogen-bond acceptors (Lipinski definition) is 12. The molecular formula is C23H22N8O6. The Kier molecular flexibility index (Phi) is 6.43. The highest BCUT2D eigenvalue weighted by Gasteiger charge is 2.19. The van der Waals surface area contributed by atoms with Crippen molar-refractivity contribution < 1.29 is 30.0 Å². The first-order chi connectivity index (χ1) is 17.5. The fourth-order valence-corrected chi connectivity index (χ4v) is 3.42. The summed E-state index contributed by atoms with van der Waals surface area (Å²) in [5.74, 6) is 2.63. The van der Waals surface area contributed by atoms with Crippen LogP contribution in [0.5, 0.6) is 11.5 Å². The zero-order chi connectivity index (χ0) is 26.9. The number of carboxylic acid groups (broad SMARTS) is 2. The van der Waals surface area contributed by atoms with E-state index < -0.39 is 23.4 Å². The van der Waals surface area contributed by atoms with Gasteiger partial charge in [-0.05, 0) is 36.4 Å². The lowest BCUT2D eigenvalue weighted by Crippen LogP contribution is -2.36. The molecule has 0 radical (unpaired) electrons. The van der Waals surface area contributed by atoms with Gasteiger partial charge in [0.2, 0.25) is 0 Å². The molecule has 0 amide bonds. The van der Waals surface area contributed by atoms with Gasteiger partial charge in [-0.15, -0.1) is 5.53 Å². The first kappa shape index (κ1) is 24.6. The molecule has 4 rings (SSSR count). The van der Waals surface area contributed by atoms with E-state index in [2.05, 4.69) is 15.9 Å². The summed E-state index contributed by atoms with van der Waals surface area (Å²) in [5, 5.41) is 40.6. The lowest BCUT2D eigenvalue weighted by atomic mass is 10.1. The molecule has 37 heavy (non-hydrogen) atoms. The van der Waals surface area contributed by atoms with Crippen molar-refractivity contribution in [3.63, 3.8) is 0 Å². The molecule has 2 heterocycles. The van der Waals surface area contributed by atoms with Crippen molar-refractivity contribution in [3.05, 3.63) is 83.4 Å². The molecule has 190 valence electrons. The number of carboxylic acids is 2. The number of nitrogens with one attached hydrogen (secondary N) is 2. The number of aromatic carboxylic acids is 2. The van der Waals surface area contributed by atoms with Crippen LogP contribution < -0.4 is 38.3 Å². The molecular weight excluding hydrogens is 484 g/mol. The minimum atomic E-state index is -1.28. The molecule has 14 heteroatoms. The van der Waals surface area contributed by atoms with E-state index in [1.54, 1.807) is 12.3 Å². The summed E-state index contributed by atoms with van der Waals surface area (Å²) in [5.41, 5.74) is 19.8. The van der Waals surface area contributed by atoms with Gasteiger partial charge in [0, 0.05) is 24.0 Å². The van der Waals surface area contributed by atoms with Gasteiger partial charge in [0.05, 0.1) is 40.4 Å². The molecule has 3 aromatic rings. The van der Waals surface area contributed by atoms with Gasteiger partial charge in [0.15, 0.2) is 0 Å². The van der Waals surface area contributed by atoms with Crippen molar-refractivity contribution >= 4 is 40.4 Å². The van der Waals surface area contributed by atoms with Crippen LogP contribution in [0.4, 0.5) is 17.1 Å². The van der Waals surface area contributed by atoms with Crippen LogP contribution in [-0.4, -0.2) is 37.3 Å². The Morgan fingerprint density at radius 2 is 1.62 bits per heavy atom. The number of pyridine rings is 1. The van der Waals surface area contributed by atoms with E-state index in [1.165, 1.54) is 53.7 Å². The second-order valence-corrected chi connectivity index (χ2v) is 7.83. The molecule has 0 bridgehead atoms. The third kappa shape index (κ3) is 5.14. The van der Waals surface area contributed by atoms with E-state index in [1.807, 2.05) is 0 Å². The maximum atomic E-state index is 11.1.